The first kappa shape index (κ1) is 14.7. The molecule has 1 atom stereocenters. The van der Waals surface area contributed by atoms with Gasteiger partial charge in [-0.2, -0.15) is 5.10 Å². The van der Waals surface area contributed by atoms with Crippen LogP contribution in [0.2, 0.25) is 0 Å². The first-order valence-corrected chi connectivity index (χ1v) is 8.38. The van der Waals surface area contributed by atoms with E-state index in [0.29, 0.717) is 0 Å². The van der Waals surface area contributed by atoms with Crippen LogP contribution >= 0.6 is 0 Å². The summed E-state index contributed by atoms with van der Waals surface area (Å²) in [6.45, 7) is 2.21. The van der Waals surface area contributed by atoms with Crippen molar-refractivity contribution >= 4 is 11.0 Å². The number of aromatic amines is 1. The summed E-state index contributed by atoms with van der Waals surface area (Å²) in [6.07, 6.45) is 10.1. The number of rotatable bonds is 5. The minimum atomic E-state index is 0.272. The van der Waals surface area contributed by atoms with Gasteiger partial charge in [-0.3, -0.25) is 4.68 Å². The van der Waals surface area contributed by atoms with Crippen LogP contribution in [0.5, 0.6) is 0 Å². The van der Waals surface area contributed by atoms with Gasteiger partial charge in [-0.1, -0.05) is 43.7 Å². The van der Waals surface area contributed by atoms with Crippen molar-refractivity contribution in [1.82, 2.24) is 19.7 Å². The zero-order valence-electron chi connectivity index (χ0n) is 13.7. The van der Waals surface area contributed by atoms with E-state index in [0.717, 1.165) is 35.0 Å². The summed E-state index contributed by atoms with van der Waals surface area (Å²) in [5.41, 5.74) is 4.50. The molecule has 0 fully saturated rings. The van der Waals surface area contributed by atoms with Crippen LogP contribution < -0.4 is 0 Å². The van der Waals surface area contributed by atoms with E-state index in [9.17, 15) is 0 Å². The summed E-state index contributed by atoms with van der Waals surface area (Å²) >= 11 is 0. The second-order valence-electron chi connectivity index (χ2n) is 6.02. The molecule has 0 radical (unpaired) electrons. The molecule has 24 heavy (non-hydrogen) atoms. The quantitative estimate of drug-likeness (QED) is 0.574. The summed E-state index contributed by atoms with van der Waals surface area (Å²) in [4.78, 5) is 7.53. The number of H-pyrrole nitrogens is 1. The predicted molar refractivity (Wildman–Crippen MR) is 96.8 cm³/mol. The van der Waals surface area contributed by atoms with E-state index in [1.807, 2.05) is 18.6 Å². The van der Waals surface area contributed by atoms with Crippen molar-refractivity contribution in [3.63, 3.8) is 0 Å². The van der Waals surface area contributed by atoms with E-state index in [4.69, 9.17) is 0 Å². The van der Waals surface area contributed by atoms with Gasteiger partial charge in [-0.05, 0) is 29.7 Å². The van der Waals surface area contributed by atoms with E-state index in [2.05, 4.69) is 75.3 Å². The molecule has 120 valence electrons. The summed E-state index contributed by atoms with van der Waals surface area (Å²) in [6, 6.07) is 15.0. The average Bonchev–Trinajstić information content (AvgIpc) is 3.29. The van der Waals surface area contributed by atoms with Gasteiger partial charge in [0.05, 0.1) is 12.2 Å². The first-order valence-electron chi connectivity index (χ1n) is 8.38. The lowest BCUT2D eigenvalue weighted by Crippen LogP contribution is -2.10. The molecule has 0 aliphatic carbocycles. The number of nitrogens with one attached hydrogen (secondary N) is 1. The van der Waals surface area contributed by atoms with Gasteiger partial charge in [0.15, 0.2) is 0 Å². The molecule has 3 aromatic heterocycles. The third kappa shape index (κ3) is 2.60. The summed E-state index contributed by atoms with van der Waals surface area (Å²) in [5.74, 6) is 0. The summed E-state index contributed by atoms with van der Waals surface area (Å²) in [5, 5.41) is 5.79. The molecule has 1 aromatic carbocycles. The van der Waals surface area contributed by atoms with E-state index in [1.54, 1.807) is 0 Å². The van der Waals surface area contributed by atoms with Crippen molar-refractivity contribution in [3.05, 3.63) is 72.8 Å². The maximum Gasteiger partial charge on any atom is 0.137 e. The lowest BCUT2D eigenvalue weighted by atomic mass is 10.0. The van der Waals surface area contributed by atoms with Gasteiger partial charge >= 0.3 is 0 Å². The largest absolute Gasteiger partial charge is 0.346 e. The van der Waals surface area contributed by atoms with Crippen LogP contribution in [0.25, 0.3) is 22.2 Å². The highest BCUT2D eigenvalue weighted by Gasteiger charge is 2.15. The number of nitrogens with zero attached hydrogens (tertiary/aromatic N) is 3. The van der Waals surface area contributed by atoms with Crippen molar-refractivity contribution in [2.24, 2.45) is 0 Å². The standard InChI is InChI=1S/C20H20N4/c1-2-6-19(15-7-4-3-5-8-15)24-14-16(13-23-24)17-9-11-21-20-18(17)10-12-22-20/h3-5,7-14,19H,2,6H2,1H3,(H,21,22). The Labute approximate surface area is 141 Å². The Morgan fingerprint density at radius 2 is 2.00 bits per heavy atom. The maximum atomic E-state index is 4.67. The lowest BCUT2D eigenvalue weighted by Gasteiger charge is -2.17. The summed E-state index contributed by atoms with van der Waals surface area (Å²) < 4.78 is 2.09. The maximum absolute atomic E-state index is 4.67. The Bertz CT molecular complexity index is 936. The SMILES string of the molecule is CCCC(c1ccccc1)n1cc(-c2ccnc3[nH]ccc23)cn1. The van der Waals surface area contributed by atoms with Gasteiger partial charge in [0.2, 0.25) is 0 Å². The van der Waals surface area contributed by atoms with Gasteiger partial charge in [-0.15, -0.1) is 0 Å². The van der Waals surface area contributed by atoms with E-state index >= 15 is 0 Å². The molecule has 0 aliphatic heterocycles. The number of hydrogen-bond acceptors (Lipinski definition) is 2. The van der Waals surface area contributed by atoms with Crippen molar-refractivity contribution in [3.8, 4) is 11.1 Å². The molecule has 1 N–H and O–H groups in total. The van der Waals surface area contributed by atoms with Gasteiger partial charge in [0.1, 0.15) is 5.65 Å². The molecule has 4 heteroatoms. The molecule has 0 saturated carbocycles. The lowest BCUT2D eigenvalue weighted by molar-refractivity contribution is 0.484. The molecule has 0 bridgehead atoms. The van der Waals surface area contributed by atoms with Crippen molar-refractivity contribution in [1.29, 1.82) is 0 Å². The highest BCUT2D eigenvalue weighted by Crippen LogP contribution is 2.29. The third-order valence-electron chi connectivity index (χ3n) is 4.44. The van der Waals surface area contributed by atoms with Crippen molar-refractivity contribution in [2.45, 2.75) is 25.8 Å². The zero-order valence-corrected chi connectivity index (χ0v) is 13.7. The topological polar surface area (TPSA) is 46.5 Å². The minimum Gasteiger partial charge on any atom is -0.346 e. The van der Waals surface area contributed by atoms with Gasteiger partial charge < -0.3 is 4.98 Å². The van der Waals surface area contributed by atoms with Crippen molar-refractivity contribution in [2.75, 3.05) is 0 Å². The summed E-state index contributed by atoms with van der Waals surface area (Å²) in [7, 11) is 0. The Balaban J connectivity index is 1.74. The van der Waals surface area contributed by atoms with E-state index in [1.165, 1.54) is 5.56 Å². The number of pyridine rings is 1. The minimum absolute atomic E-state index is 0.272. The molecule has 1 unspecified atom stereocenters. The molecule has 0 aliphatic rings. The fraction of sp³-hybridized carbons (Fsp3) is 0.200. The van der Waals surface area contributed by atoms with Crippen LogP contribution in [-0.2, 0) is 0 Å². The van der Waals surface area contributed by atoms with Crippen LogP contribution in [0.15, 0.2) is 67.3 Å². The number of aromatic nitrogens is 4. The fourth-order valence-corrected chi connectivity index (χ4v) is 3.26. The highest BCUT2D eigenvalue weighted by atomic mass is 15.3. The Morgan fingerprint density at radius 3 is 2.83 bits per heavy atom. The molecule has 0 amide bonds. The number of benzene rings is 1. The monoisotopic (exact) mass is 316 g/mol. The Hall–Kier alpha value is -2.88. The van der Waals surface area contributed by atoms with Gasteiger partial charge in [0, 0.05) is 29.5 Å². The van der Waals surface area contributed by atoms with Crippen LogP contribution in [-0.4, -0.2) is 19.7 Å². The molecule has 0 spiro atoms. The second kappa shape index (κ2) is 6.32. The molecule has 0 saturated heterocycles. The van der Waals surface area contributed by atoms with Crippen LogP contribution in [0.1, 0.15) is 31.4 Å². The number of hydrogen-bond donors (Lipinski definition) is 1. The van der Waals surface area contributed by atoms with Gasteiger partial charge in [0.25, 0.3) is 0 Å². The molecule has 4 nitrogen and oxygen atoms in total. The second-order valence-corrected chi connectivity index (χ2v) is 6.02. The Morgan fingerprint density at radius 1 is 1.12 bits per heavy atom. The predicted octanol–water partition coefficient (Wildman–Crippen LogP) is 4.82. The van der Waals surface area contributed by atoms with Crippen LogP contribution in [0.3, 0.4) is 0 Å². The third-order valence-corrected chi connectivity index (χ3v) is 4.44. The van der Waals surface area contributed by atoms with E-state index in [-0.39, 0.29) is 6.04 Å². The molecular weight excluding hydrogens is 296 g/mol. The Kier molecular flexibility index (Phi) is 3.87. The molecule has 4 rings (SSSR count). The van der Waals surface area contributed by atoms with Crippen LogP contribution in [0.4, 0.5) is 0 Å². The molecule has 4 aromatic rings. The molecule has 3 heterocycles. The van der Waals surface area contributed by atoms with Gasteiger partial charge in [-0.25, -0.2) is 4.98 Å². The molecular formula is C20H20N4. The average molecular weight is 316 g/mol. The number of fused-ring (bicyclic) bond motifs is 1. The first-order chi connectivity index (χ1) is 11.9. The zero-order chi connectivity index (χ0) is 16.4. The van der Waals surface area contributed by atoms with Crippen LogP contribution in [0, 0.1) is 0 Å². The smallest absolute Gasteiger partial charge is 0.137 e. The van der Waals surface area contributed by atoms with E-state index < -0.39 is 0 Å². The van der Waals surface area contributed by atoms with Crippen molar-refractivity contribution < 1.29 is 0 Å². The normalized spacial score (nSPS) is 12.5. The highest BCUT2D eigenvalue weighted by molar-refractivity contribution is 5.92. The fourth-order valence-electron chi connectivity index (χ4n) is 3.26.